The predicted molar refractivity (Wildman–Crippen MR) is 73.9 cm³/mol. The second kappa shape index (κ2) is 6.24. The van der Waals surface area contributed by atoms with Gasteiger partial charge in [0.15, 0.2) is 5.54 Å². The van der Waals surface area contributed by atoms with Gasteiger partial charge in [-0.3, -0.25) is 9.63 Å². The van der Waals surface area contributed by atoms with Crippen molar-refractivity contribution in [3.8, 4) is 0 Å². The summed E-state index contributed by atoms with van der Waals surface area (Å²) in [5, 5.41) is 10.6. The molecule has 6 nitrogen and oxygen atoms in total. The molecule has 2 atom stereocenters. The Hall–Kier alpha value is -1.92. The number of methoxy groups -OCH3 is 1. The summed E-state index contributed by atoms with van der Waals surface area (Å²) in [6, 6.07) is 9.52. The van der Waals surface area contributed by atoms with E-state index in [9.17, 15) is 14.7 Å². The minimum absolute atomic E-state index is 0.164. The van der Waals surface area contributed by atoms with Crippen molar-refractivity contribution in [2.45, 2.75) is 18.4 Å². The van der Waals surface area contributed by atoms with Gasteiger partial charge >= 0.3 is 5.97 Å². The molecular weight excluding hydrogens is 274 g/mol. The first-order valence-electron chi connectivity index (χ1n) is 6.70. The molecule has 1 aromatic carbocycles. The number of ether oxygens (including phenoxy) is 1. The van der Waals surface area contributed by atoms with Crippen LogP contribution in [0.15, 0.2) is 30.3 Å². The van der Waals surface area contributed by atoms with Crippen molar-refractivity contribution in [2.24, 2.45) is 5.92 Å². The lowest BCUT2D eigenvalue weighted by atomic mass is 9.89. The summed E-state index contributed by atoms with van der Waals surface area (Å²) in [4.78, 5) is 29.5. The van der Waals surface area contributed by atoms with Gasteiger partial charge in [0, 0.05) is 5.92 Å². The van der Waals surface area contributed by atoms with Crippen molar-refractivity contribution in [3.63, 3.8) is 0 Å². The highest BCUT2D eigenvalue weighted by atomic mass is 16.7. The van der Waals surface area contributed by atoms with E-state index in [0.29, 0.717) is 6.42 Å². The van der Waals surface area contributed by atoms with E-state index in [1.54, 1.807) is 0 Å². The van der Waals surface area contributed by atoms with E-state index >= 15 is 0 Å². The molecule has 1 N–H and O–H groups in total. The average molecular weight is 293 g/mol. The number of carbonyl (C=O) groups excluding carboxylic acids is 2. The van der Waals surface area contributed by atoms with Gasteiger partial charge in [-0.25, -0.2) is 9.86 Å². The van der Waals surface area contributed by atoms with Crippen LogP contribution in [0.1, 0.15) is 12.0 Å². The molecule has 1 aliphatic rings. The van der Waals surface area contributed by atoms with E-state index in [4.69, 9.17) is 9.57 Å². The molecular formula is C15H19NO5. The molecule has 1 heterocycles. The summed E-state index contributed by atoms with van der Waals surface area (Å²) in [5.74, 6) is -1.42. The number of nitrogens with zero attached hydrogens (tertiary/aromatic N) is 1. The van der Waals surface area contributed by atoms with Gasteiger partial charge < -0.3 is 9.84 Å². The molecule has 1 saturated heterocycles. The number of hydrogen-bond donors (Lipinski definition) is 1. The minimum atomic E-state index is -1.46. The van der Waals surface area contributed by atoms with Crippen LogP contribution in [0.4, 0.5) is 0 Å². The second-order valence-electron chi connectivity index (χ2n) is 5.09. The van der Waals surface area contributed by atoms with E-state index in [2.05, 4.69) is 0 Å². The Morgan fingerprint density at radius 2 is 2.05 bits per heavy atom. The van der Waals surface area contributed by atoms with Gasteiger partial charge in [0.2, 0.25) is 0 Å². The normalized spacial score (nSPS) is 25.2. The van der Waals surface area contributed by atoms with Crippen molar-refractivity contribution in [1.29, 1.82) is 0 Å². The molecule has 0 aliphatic carbocycles. The van der Waals surface area contributed by atoms with Crippen LogP contribution in [0.5, 0.6) is 0 Å². The monoisotopic (exact) mass is 293 g/mol. The van der Waals surface area contributed by atoms with Crippen molar-refractivity contribution in [2.75, 3.05) is 20.8 Å². The number of esters is 1. The van der Waals surface area contributed by atoms with E-state index < -0.39 is 24.0 Å². The van der Waals surface area contributed by atoms with Gasteiger partial charge in [0.1, 0.15) is 0 Å². The summed E-state index contributed by atoms with van der Waals surface area (Å²) in [6.45, 7) is -0.537. The number of amides is 1. The zero-order chi connectivity index (χ0) is 15.5. The van der Waals surface area contributed by atoms with Crippen LogP contribution in [-0.2, 0) is 25.6 Å². The van der Waals surface area contributed by atoms with E-state index in [-0.39, 0.29) is 12.3 Å². The molecule has 0 saturated carbocycles. The quantitative estimate of drug-likeness (QED) is 0.802. The molecule has 114 valence electrons. The van der Waals surface area contributed by atoms with Crippen molar-refractivity contribution < 1.29 is 24.3 Å². The first-order valence-corrected chi connectivity index (χ1v) is 6.70. The van der Waals surface area contributed by atoms with Gasteiger partial charge in [0.05, 0.1) is 20.8 Å². The summed E-state index contributed by atoms with van der Waals surface area (Å²) in [5.41, 5.74) is -0.467. The van der Waals surface area contributed by atoms with Crippen LogP contribution < -0.4 is 0 Å². The minimum Gasteiger partial charge on any atom is -0.467 e. The van der Waals surface area contributed by atoms with E-state index in [1.165, 1.54) is 14.2 Å². The number of aliphatic hydroxyl groups excluding tert-OH is 1. The fourth-order valence-electron chi connectivity index (χ4n) is 2.83. The Morgan fingerprint density at radius 3 is 2.57 bits per heavy atom. The number of carbonyl (C=O) groups is 2. The third-order valence-corrected chi connectivity index (χ3v) is 3.86. The number of hydroxylamine groups is 2. The van der Waals surface area contributed by atoms with Crippen LogP contribution in [-0.4, -0.2) is 48.4 Å². The lowest BCUT2D eigenvalue weighted by Gasteiger charge is -2.31. The van der Waals surface area contributed by atoms with Crippen LogP contribution in [0, 0.1) is 5.92 Å². The first-order chi connectivity index (χ1) is 10.1. The summed E-state index contributed by atoms with van der Waals surface area (Å²) in [6.07, 6.45) is 0.649. The van der Waals surface area contributed by atoms with Crippen molar-refractivity contribution in [3.05, 3.63) is 35.9 Å². The molecule has 2 rings (SSSR count). The third-order valence-electron chi connectivity index (χ3n) is 3.86. The number of aliphatic hydroxyl groups is 1. The van der Waals surface area contributed by atoms with Crippen LogP contribution >= 0.6 is 0 Å². The highest BCUT2D eigenvalue weighted by Gasteiger charge is 2.57. The molecule has 0 spiro atoms. The maximum Gasteiger partial charge on any atom is 0.336 e. The summed E-state index contributed by atoms with van der Waals surface area (Å²) >= 11 is 0. The van der Waals surface area contributed by atoms with E-state index in [1.807, 2.05) is 30.3 Å². The Labute approximate surface area is 123 Å². The topological polar surface area (TPSA) is 76.1 Å². The van der Waals surface area contributed by atoms with Gasteiger partial charge in [0.25, 0.3) is 5.91 Å². The molecule has 1 amide bonds. The number of hydrogen-bond acceptors (Lipinski definition) is 5. The largest absolute Gasteiger partial charge is 0.467 e. The Bertz CT molecular complexity index is 518. The van der Waals surface area contributed by atoms with Crippen LogP contribution in [0.3, 0.4) is 0 Å². The Balaban J connectivity index is 2.27. The zero-order valence-electron chi connectivity index (χ0n) is 12.1. The fourth-order valence-corrected chi connectivity index (χ4v) is 2.83. The van der Waals surface area contributed by atoms with Crippen molar-refractivity contribution >= 4 is 11.9 Å². The van der Waals surface area contributed by atoms with Gasteiger partial charge in [-0.2, -0.15) is 0 Å². The molecule has 21 heavy (non-hydrogen) atoms. The first kappa shape index (κ1) is 15.5. The molecule has 0 unspecified atom stereocenters. The van der Waals surface area contributed by atoms with Crippen molar-refractivity contribution in [1.82, 2.24) is 5.06 Å². The van der Waals surface area contributed by atoms with Crippen LogP contribution in [0.25, 0.3) is 0 Å². The molecule has 1 fully saturated rings. The molecule has 1 aromatic rings. The Morgan fingerprint density at radius 1 is 1.38 bits per heavy atom. The predicted octanol–water partition coefficient (Wildman–Crippen LogP) is 0.543. The molecule has 0 bridgehead atoms. The lowest BCUT2D eigenvalue weighted by molar-refractivity contribution is -0.212. The standard InChI is InChI=1S/C15H19NO5/c1-20-14(19)15(10-17)9-12(13(18)16(15)21-2)8-11-6-4-3-5-7-11/h3-7,12,17H,8-10H2,1-2H3/t12-,15-/m0/s1. The maximum atomic E-state index is 12.4. The summed E-state index contributed by atoms with van der Waals surface area (Å²) in [7, 11) is 2.53. The zero-order valence-corrected chi connectivity index (χ0v) is 12.1. The third kappa shape index (κ3) is 2.64. The molecule has 6 heteroatoms. The smallest absolute Gasteiger partial charge is 0.336 e. The Kier molecular flexibility index (Phi) is 4.59. The fraction of sp³-hybridized carbons (Fsp3) is 0.467. The number of rotatable bonds is 5. The van der Waals surface area contributed by atoms with Gasteiger partial charge in [-0.15, -0.1) is 0 Å². The molecule has 0 radical (unpaired) electrons. The average Bonchev–Trinajstić information content (AvgIpc) is 2.80. The van der Waals surface area contributed by atoms with Crippen LogP contribution in [0.2, 0.25) is 0 Å². The number of benzene rings is 1. The summed E-state index contributed by atoms with van der Waals surface area (Å²) < 4.78 is 4.73. The maximum absolute atomic E-state index is 12.4. The second-order valence-corrected chi connectivity index (χ2v) is 5.09. The highest BCUT2D eigenvalue weighted by Crippen LogP contribution is 2.37. The van der Waals surface area contributed by atoms with Gasteiger partial charge in [-0.1, -0.05) is 30.3 Å². The van der Waals surface area contributed by atoms with E-state index in [0.717, 1.165) is 10.6 Å². The lowest BCUT2D eigenvalue weighted by Crippen LogP contribution is -2.54. The van der Waals surface area contributed by atoms with Gasteiger partial charge in [-0.05, 0) is 18.4 Å². The SMILES string of the molecule is COC(=O)[C@@]1(CO)C[C@H](Cc2ccccc2)C(=O)N1OC. The highest BCUT2D eigenvalue weighted by molar-refractivity contribution is 5.92. The molecule has 0 aromatic heterocycles. The molecule has 1 aliphatic heterocycles.